The minimum atomic E-state index is -0.830. The van der Waals surface area contributed by atoms with Gasteiger partial charge in [0.2, 0.25) is 0 Å². The van der Waals surface area contributed by atoms with Gasteiger partial charge in [0.1, 0.15) is 5.75 Å². The molecule has 0 saturated carbocycles. The molecule has 0 aliphatic carbocycles. The van der Waals surface area contributed by atoms with Gasteiger partial charge in [-0.3, -0.25) is 24.9 Å². The highest BCUT2D eigenvalue weighted by Gasteiger charge is 2.35. The number of hydrogen-bond donors (Lipinski definition) is 1. The molecule has 0 amide bonds. The van der Waals surface area contributed by atoms with E-state index in [1.807, 2.05) is 0 Å². The molecule has 0 spiro atoms. The molecule has 4 rings (SSSR count). The normalized spacial score (nSPS) is 21.6. The van der Waals surface area contributed by atoms with E-state index in [1.54, 1.807) is 6.07 Å². The molecule has 2 aliphatic rings. The number of pyridine rings is 1. The fourth-order valence-corrected chi connectivity index (χ4v) is 4.02. The average Bonchev–Trinajstić information content (AvgIpc) is 3.40. The molecule has 2 unspecified atom stereocenters. The summed E-state index contributed by atoms with van der Waals surface area (Å²) in [5, 5.41) is 21.2. The lowest BCUT2D eigenvalue weighted by atomic mass is 10.2. The van der Waals surface area contributed by atoms with E-state index in [0.717, 1.165) is 25.7 Å². The molecule has 162 valence electrons. The molecule has 2 atom stereocenters. The highest BCUT2D eigenvalue weighted by molar-refractivity contribution is 5.47. The van der Waals surface area contributed by atoms with Crippen molar-refractivity contribution in [3.05, 3.63) is 58.2 Å². The second-order valence-corrected chi connectivity index (χ2v) is 7.72. The fraction of sp³-hybridized carbons (Fsp3) is 0.409. The van der Waals surface area contributed by atoms with Crippen LogP contribution in [0.4, 0.5) is 10.1 Å². The first kappa shape index (κ1) is 21.2. The second kappa shape index (κ2) is 9.39. The Bertz CT molecular complexity index is 1020. The van der Waals surface area contributed by atoms with Crippen molar-refractivity contribution in [3.8, 4) is 23.3 Å². The molecule has 2 saturated heterocycles. The van der Waals surface area contributed by atoms with Crippen LogP contribution in [0, 0.1) is 27.8 Å². The van der Waals surface area contributed by atoms with Gasteiger partial charge in [0.25, 0.3) is 5.69 Å². The third kappa shape index (κ3) is 4.99. The van der Waals surface area contributed by atoms with E-state index in [-0.39, 0.29) is 23.6 Å². The summed E-state index contributed by atoms with van der Waals surface area (Å²) in [6.45, 7) is 3.93. The number of ether oxygens (including phenoxy) is 1. The number of hydrogen-bond acceptors (Lipinski definition) is 7. The van der Waals surface area contributed by atoms with Crippen molar-refractivity contribution >= 4 is 5.69 Å². The number of aliphatic hydroxyl groups is 1. The molecule has 31 heavy (non-hydrogen) atoms. The molecule has 2 aromatic rings. The van der Waals surface area contributed by atoms with Crippen LogP contribution in [0.5, 0.6) is 11.5 Å². The Labute approximate surface area is 179 Å². The smallest absolute Gasteiger partial charge is 0.272 e. The first-order valence-corrected chi connectivity index (χ1v) is 10.2. The predicted octanol–water partition coefficient (Wildman–Crippen LogP) is 2.41. The third-order valence-corrected chi connectivity index (χ3v) is 5.60. The number of non-ortho nitro benzene ring substituents is 1. The Morgan fingerprint density at radius 3 is 2.81 bits per heavy atom. The van der Waals surface area contributed by atoms with Crippen molar-refractivity contribution in [2.24, 2.45) is 0 Å². The quantitative estimate of drug-likeness (QED) is 0.446. The van der Waals surface area contributed by atoms with E-state index < -0.39 is 10.7 Å². The van der Waals surface area contributed by atoms with Gasteiger partial charge < -0.3 is 9.84 Å². The second-order valence-electron chi connectivity index (χ2n) is 7.72. The van der Waals surface area contributed by atoms with E-state index in [1.165, 1.54) is 37.4 Å². The maximum Gasteiger partial charge on any atom is 0.272 e. The summed E-state index contributed by atoms with van der Waals surface area (Å²) in [6, 6.07) is 4.94. The molecular weight excluding hydrogens is 403 g/mol. The summed E-state index contributed by atoms with van der Waals surface area (Å²) < 4.78 is 19.8. The molecule has 1 aromatic heterocycles. The van der Waals surface area contributed by atoms with Crippen LogP contribution in [0.15, 0.2) is 36.7 Å². The Balaban J connectivity index is 1.42. The Morgan fingerprint density at radius 2 is 2.06 bits per heavy atom. The van der Waals surface area contributed by atoms with Crippen LogP contribution in [0.1, 0.15) is 18.4 Å². The monoisotopic (exact) mass is 426 g/mol. The third-order valence-electron chi connectivity index (χ3n) is 5.60. The van der Waals surface area contributed by atoms with Gasteiger partial charge >= 0.3 is 0 Å². The van der Waals surface area contributed by atoms with Crippen LogP contribution >= 0.6 is 0 Å². The van der Waals surface area contributed by atoms with Crippen molar-refractivity contribution in [2.45, 2.75) is 25.0 Å². The summed E-state index contributed by atoms with van der Waals surface area (Å²) in [5.41, 5.74) is 0.135. The highest BCUT2D eigenvalue weighted by Crippen LogP contribution is 2.29. The zero-order valence-electron chi connectivity index (χ0n) is 16.9. The molecule has 3 heterocycles. The van der Waals surface area contributed by atoms with Gasteiger partial charge in [0.15, 0.2) is 11.6 Å². The van der Waals surface area contributed by atoms with Crippen molar-refractivity contribution < 1.29 is 19.2 Å². The zero-order valence-corrected chi connectivity index (χ0v) is 16.9. The van der Waals surface area contributed by atoms with Gasteiger partial charge in [-0.1, -0.05) is 11.8 Å². The van der Waals surface area contributed by atoms with Crippen LogP contribution in [0.3, 0.4) is 0 Å². The molecule has 8 nitrogen and oxygen atoms in total. The lowest BCUT2D eigenvalue weighted by molar-refractivity contribution is -0.385. The number of halogens is 1. The lowest BCUT2D eigenvalue weighted by Gasteiger charge is -2.25. The van der Waals surface area contributed by atoms with Gasteiger partial charge in [0.05, 0.1) is 29.2 Å². The molecule has 1 aromatic carbocycles. The largest absolute Gasteiger partial charge is 0.453 e. The van der Waals surface area contributed by atoms with Crippen LogP contribution < -0.4 is 4.74 Å². The standard InChI is InChI=1S/C22H23FN4O4/c23-18-12-17(27(29)30)5-6-22(18)31-21-7-8-24-13-16(21)4-3-9-25-14-19(20(28)15-25)26-10-1-2-11-26/h5-8,12-13,19-20,28H,1-2,9-11,14-15H2. The number of rotatable bonds is 5. The van der Waals surface area contributed by atoms with Gasteiger partial charge in [-0.25, -0.2) is 4.39 Å². The van der Waals surface area contributed by atoms with Crippen LogP contribution in [0.2, 0.25) is 0 Å². The van der Waals surface area contributed by atoms with Crippen molar-refractivity contribution in [1.82, 2.24) is 14.8 Å². The van der Waals surface area contributed by atoms with Crippen LogP contribution in [0.25, 0.3) is 0 Å². The summed E-state index contributed by atoms with van der Waals surface area (Å²) in [4.78, 5) is 18.6. The zero-order chi connectivity index (χ0) is 21.8. The summed E-state index contributed by atoms with van der Waals surface area (Å²) in [6.07, 6.45) is 5.02. The van der Waals surface area contributed by atoms with Crippen molar-refractivity contribution in [3.63, 3.8) is 0 Å². The molecule has 0 radical (unpaired) electrons. The first-order valence-electron chi connectivity index (χ1n) is 10.2. The predicted molar refractivity (Wildman–Crippen MR) is 111 cm³/mol. The highest BCUT2D eigenvalue weighted by atomic mass is 19.1. The maximum atomic E-state index is 14.2. The molecule has 9 heteroatoms. The average molecular weight is 426 g/mol. The topological polar surface area (TPSA) is 92.0 Å². The SMILES string of the molecule is O=[N+]([O-])c1ccc(Oc2ccncc2C#CCN2CC(O)C(N3CCCC3)C2)c(F)c1. The Kier molecular flexibility index (Phi) is 6.42. The Hall–Kier alpha value is -3.06. The van der Waals surface area contributed by atoms with E-state index >= 15 is 0 Å². The number of benzene rings is 1. The van der Waals surface area contributed by atoms with Crippen LogP contribution in [-0.4, -0.2) is 69.7 Å². The molecule has 2 aliphatic heterocycles. The van der Waals surface area contributed by atoms with Gasteiger partial charge in [-0.05, 0) is 32.0 Å². The number of likely N-dealkylation sites (tertiary alicyclic amines) is 2. The maximum absolute atomic E-state index is 14.2. The summed E-state index contributed by atoms with van der Waals surface area (Å²) >= 11 is 0. The molecule has 1 N–H and O–H groups in total. The minimum absolute atomic E-state index is 0.129. The first-order chi connectivity index (χ1) is 15.0. The Morgan fingerprint density at radius 1 is 1.26 bits per heavy atom. The van der Waals surface area contributed by atoms with E-state index in [9.17, 15) is 19.6 Å². The molecule has 2 fully saturated rings. The summed E-state index contributed by atoms with van der Waals surface area (Å²) in [5.74, 6) is 5.44. The van der Waals surface area contributed by atoms with Crippen molar-refractivity contribution in [2.75, 3.05) is 32.7 Å². The van der Waals surface area contributed by atoms with E-state index in [2.05, 4.69) is 26.6 Å². The fourth-order valence-electron chi connectivity index (χ4n) is 4.02. The van der Waals surface area contributed by atoms with Crippen molar-refractivity contribution in [1.29, 1.82) is 0 Å². The number of aliphatic hydroxyl groups excluding tert-OH is 1. The molecular formula is C22H23FN4O4. The number of aromatic nitrogens is 1. The lowest BCUT2D eigenvalue weighted by Crippen LogP contribution is -2.41. The van der Waals surface area contributed by atoms with Gasteiger partial charge in [0, 0.05) is 43.7 Å². The van der Waals surface area contributed by atoms with E-state index in [0.29, 0.717) is 24.4 Å². The number of nitrogens with zero attached hydrogens (tertiary/aromatic N) is 4. The molecule has 0 bridgehead atoms. The van der Waals surface area contributed by atoms with E-state index in [4.69, 9.17) is 4.74 Å². The minimum Gasteiger partial charge on any atom is -0.453 e. The van der Waals surface area contributed by atoms with Crippen LogP contribution in [-0.2, 0) is 0 Å². The van der Waals surface area contributed by atoms with Gasteiger partial charge in [-0.15, -0.1) is 0 Å². The number of β-amino-alcohol motifs (C(OH)–C–C–N with tert-alkyl or cyclic N) is 1. The summed E-state index contributed by atoms with van der Waals surface area (Å²) in [7, 11) is 0. The van der Waals surface area contributed by atoms with Gasteiger partial charge in [-0.2, -0.15) is 0 Å². The number of nitro groups is 1. The number of nitro benzene ring substituents is 1.